The minimum absolute atomic E-state index is 0.105. The first-order valence-corrected chi connectivity index (χ1v) is 10.8. The molecule has 0 N–H and O–H groups in total. The molecule has 4 aromatic rings. The van der Waals surface area contributed by atoms with Gasteiger partial charge in [0.1, 0.15) is 11.3 Å². The van der Waals surface area contributed by atoms with Crippen molar-refractivity contribution in [1.29, 1.82) is 0 Å². The maximum absolute atomic E-state index is 14.3. The first-order valence-electron chi connectivity index (χ1n) is 10.4. The van der Waals surface area contributed by atoms with Gasteiger partial charge >= 0.3 is 0 Å². The Morgan fingerprint density at radius 3 is 2.72 bits per heavy atom. The van der Waals surface area contributed by atoms with E-state index >= 15 is 0 Å². The molecule has 0 spiro atoms. The molecule has 168 valence electrons. The standard InChI is InChI=1S/C23H25ClFN5O2/c1-14(2)31-11-10-30-22(15-8-9-19-20(12-15)32-23(26-19)29(3)4)27-21(28-30)13-16-17(24)6-5-7-18(16)25/h5-9,12,14H,10-11,13H2,1-4H3. The maximum atomic E-state index is 14.3. The summed E-state index contributed by atoms with van der Waals surface area (Å²) in [6, 6.07) is 10.9. The molecular formula is C23H25ClFN5O2. The largest absolute Gasteiger partial charge is 0.423 e. The summed E-state index contributed by atoms with van der Waals surface area (Å²) < 4.78 is 27.6. The van der Waals surface area contributed by atoms with Crippen LogP contribution in [0.1, 0.15) is 25.2 Å². The van der Waals surface area contributed by atoms with Gasteiger partial charge in [-0.1, -0.05) is 17.7 Å². The molecule has 4 rings (SSSR count). The van der Waals surface area contributed by atoms with E-state index in [0.717, 1.165) is 11.1 Å². The maximum Gasteiger partial charge on any atom is 0.297 e. The number of oxazole rings is 1. The van der Waals surface area contributed by atoms with Crippen molar-refractivity contribution in [2.75, 3.05) is 25.6 Å². The van der Waals surface area contributed by atoms with Crippen molar-refractivity contribution in [2.45, 2.75) is 32.9 Å². The van der Waals surface area contributed by atoms with Gasteiger partial charge in [-0.2, -0.15) is 10.1 Å². The van der Waals surface area contributed by atoms with Crippen molar-refractivity contribution < 1.29 is 13.5 Å². The van der Waals surface area contributed by atoms with Gasteiger partial charge in [0.15, 0.2) is 17.2 Å². The summed E-state index contributed by atoms with van der Waals surface area (Å²) in [4.78, 5) is 11.0. The normalized spacial score (nSPS) is 11.6. The molecule has 0 fully saturated rings. The summed E-state index contributed by atoms with van der Waals surface area (Å²) in [7, 11) is 3.74. The molecule has 0 saturated heterocycles. The summed E-state index contributed by atoms with van der Waals surface area (Å²) in [5.74, 6) is 0.741. The van der Waals surface area contributed by atoms with Crippen LogP contribution in [0, 0.1) is 5.82 Å². The molecule has 7 nitrogen and oxygen atoms in total. The molecule has 32 heavy (non-hydrogen) atoms. The lowest BCUT2D eigenvalue weighted by Crippen LogP contribution is -2.12. The summed E-state index contributed by atoms with van der Waals surface area (Å²) >= 11 is 6.21. The van der Waals surface area contributed by atoms with Crippen molar-refractivity contribution in [3.63, 3.8) is 0 Å². The highest BCUT2D eigenvalue weighted by Gasteiger charge is 2.17. The van der Waals surface area contributed by atoms with E-state index in [9.17, 15) is 4.39 Å². The highest BCUT2D eigenvalue weighted by molar-refractivity contribution is 6.31. The van der Waals surface area contributed by atoms with Gasteiger partial charge in [-0.25, -0.2) is 14.1 Å². The first kappa shape index (κ1) is 22.2. The van der Waals surface area contributed by atoms with Crippen molar-refractivity contribution in [3.8, 4) is 11.4 Å². The fraction of sp³-hybridized carbons (Fsp3) is 0.348. The van der Waals surface area contributed by atoms with Crippen LogP contribution in [0.4, 0.5) is 10.4 Å². The highest BCUT2D eigenvalue weighted by Crippen LogP contribution is 2.27. The fourth-order valence-electron chi connectivity index (χ4n) is 3.31. The molecule has 0 aliphatic heterocycles. The zero-order valence-corrected chi connectivity index (χ0v) is 19.2. The van der Waals surface area contributed by atoms with Crippen LogP contribution >= 0.6 is 11.6 Å². The number of ether oxygens (including phenoxy) is 1. The Morgan fingerprint density at radius 2 is 2.00 bits per heavy atom. The van der Waals surface area contributed by atoms with Gasteiger partial charge in [0.05, 0.1) is 19.3 Å². The van der Waals surface area contributed by atoms with E-state index in [4.69, 9.17) is 25.7 Å². The minimum atomic E-state index is -0.377. The van der Waals surface area contributed by atoms with E-state index in [1.165, 1.54) is 6.07 Å². The van der Waals surface area contributed by atoms with Crippen LogP contribution in [0.15, 0.2) is 40.8 Å². The zero-order valence-electron chi connectivity index (χ0n) is 18.5. The third kappa shape index (κ3) is 4.76. The Bertz CT molecular complexity index is 1210. The molecule has 0 saturated carbocycles. The van der Waals surface area contributed by atoms with Gasteiger partial charge in [0.25, 0.3) is 6.01 Å². The zero-order chi connectivity index (χ0) is 22.8. The molecule has 0 unspecified atom stereocenters. The number of hydrogen-bond donors (Lipinski definition) is 0. The van der Waals surface area contributed by atoms with E-state index < -0.39 is 0 Å². The van der Waals surface area contributed by atoms with Crippen LogP contribution < -0.4 is 4.90 Å². The molecule has 0 atom stereocenters. The van der Waals surface area contributed by atoms with Crippen molar-refractivity contribution >= 4 is 28.7 Å². The third-order valence-electron chi connectivity index (χ3n) is 4.88. The Morgan fingerprint density at radius 1 is 1.19 bits per heavy atom. The Balaban J connectivity index is 1.71. The summed E-state index contributed by atoms with van der Waals surface area (Å²) in [6.45, 7) is 4.94. The average Bonchev–Trinajstić information content (AvgIpc) is 3.34. The van der Waals surface area contributed by atoms with Gasteiger partial charge in [-0.15, -0.1) is 0 Å². The van der Waals surface area contributed by atoms with Crippen LogP contribution in [-0.2, 0) is 17.7 Å². The molecule has 2 aromatic heterocycles. The molecule has 0 aliphatic rings. The molecule has 0 radical (unpaired) electrons. The average molecular weight is 458 g/mol. The lowest BCUT2D eigenvalue weighted by molar-refractivity contribution is 0.0711. The van der Waals surface area contributed by atoms with E-state index in [1.54, 1.807) is 16.8 Å². The second-order valence-electron chi connectivity index (χ2n) is 7.94. The fourth-order valence-corrected chi connectivity index (χ4v) is 3.54. The molecule has 2 aromatic carbocycles. The Hall–Kier alpha value is -2.97. The van der Waals surface area contributed by atoms with E-state index in [1.807, 2.05) is 51.0 Å². The monoisotopic (exact) mass is 457 g/mol. The third-order valence-corrected chi connectivity index (χ3v) is 5.24. The second-order valence-corrected chi connectivity index (χ2v) is 8.35. The van der Waals surface area contributed by atoms with Gasteiger partial charge < -0.3 is 14.1 Å². The lowest BCUT2D eigenvalue weighted by atomic mass is 10.1. The van der Waals surface area contributed by atoms with Crippen molar-refractivity contribution in [2.24, 2.45) is 0 Å². The smallest absolute Gasteiger partial charge is 0.297 e. The van der Waals surface area contributed by atoms with E-state index in [2.05, 4.69) is 10.1 Å². The van der Waals surface area contributed by atoms with Gasteiger partial charge in [-0.3, -0.25) is 0 Å². The Kier molecular flexibility index (Phi) is 6.43. The Labute approximate surface area is 190 Å². The van der Waals surface area contributed by atoms with Gasteiger partial charge in [-0.05, 0) is 44.2 Å². The predicted molar refractivity (Wildman–Crippen MR) is 123 cm³/mol. The molecule has 0 bridgehead atoms. The molecule has 0 aliphatic carbocycles. The van der Waals surface area contributed by atoms with Crippen LogP contribution in [0.2, 0.25) is 5.02 Å². The number of aromatic nitrogens is 4. The molecule has 9 heteroatoms. The number of nitrogens with zero attached hydrogens (tertiary/aromatic N) is 5. The number of halogens is 2. The second kappa shape index (κ2) is 9.26. The first-order chi connectivity index (χ1) is 15.3. The number of benzene rings is 2. The molecule has 0 amide bonds. The number of rotatable bonds is 8. The topological polar surface area (TPSA) is 69.2 Å². The number of anilines is 1. The summed E-state index contributed by atoms with van der Waals surface area (Å²) in [5.41, 5.74) is 2.60. The van der Waals surface area contributed by atoms with Crippen LogP contribution in [0.3, 0.4) is 0 Å². The van der Waals surface area contributed by atoms with Crippen molar-refractivity contribution in [3.05, 3.63) is 58.6 Å². The highest BCUT2D eigenvalue weighted by atomic mass is 35.5. The summed E-state index contributed by atoms with van der Waals surface area (Å²) in [5, 5.41) is 4.97. The predicted octanol–water partition coefficient (Wildman–Crippen LogP) is 4.96. The van der Waals surface area contributed by atoms with Crippen LogP contribution in [-0.4, -0.2) is 46.6 Å². The summed E-state index contributed by atoms with van der Waals surface area (Å²) in [6.07, 6.45) is 0.292. The van der Waals surface area contributed by atoms with Crippen LogP contribution in [0.5, 0.6) is 0 Å². The van der Waals surface area contributed by atoms with E-state index in [-0.39, 0.29) is 18.3 Å². The molecular weight excluding hydrogens is 433 g/mol. The van der Waals surface area contributed by atoms with E-state index in [0.29, 0.717) is 47.0 Å². The SMILES string of the molecule is CC(C)OCCn1nc(Cc2c(F)cccc2Cl)nc1-c1ccc2nc(N(C)C)oc2c1. The number of fused-ring (bicyclic) bond motifs is 1. The van der Waals surface area contributed by atoms with Crippen LogP contribution in [0.25, 0.3) is 22.5 Å². The van der Waals surface area contributed by atoms with Crippen molar-refractivity contribution in [1.82, 2.24) is 19.7 Å². The van der Waals surface area contributed by atoms with Gasteiger partial charge in [0.2, 0.25) is 0 Å². The van der Waals surface area contributed by atoms with Gasteiger partial charge in [0, 0.05) is 36.7 Å². The quantitative estimate of drug-likeness (QED) is 0.372. The lowest BCUT2D eigenvalue weighted by Gasteiger charge is -2.09. The molecule has 2 heterocycles. The minimum Gasteiger partial charge on any atom is -0.423 e. The number of hydrogen-bond acceptors (Lipinski definition) is 6.